The molecular formula is C19H31Cl2N3O3. The highest BCUT2D eigenvalue weighted by atomic mass is 35.5. The molecule has 2 aliphatic heterocycles. The van der Waals surface area contributed by atoms with Gasteiger partial charge in [-0.15, -0.1) is 24.8 Å². The summed E-state index contributed by atoms with van der Waals surface area (Å²) in [6.07, 6.45) is 0.505. The lowest BCUT2D eigenvalue weighted by Gasteiger charge is -2.49. The average Bonchev–Trinajstić information content (AvgIpc) is 2.61. The summed E-state index contributed by atoms with van der Waals surface area (Å²) in [6.45, 7) is 8.78. The van der Waals surface area contributed by atoms with Crippen molar-refractivity contribution in [3.05, 3.63) is 24.3 Å². The zero-order valence-corrected chi connectivity index (χ0v) is 17.9. The van der Waals surface area contributed by atoms with Crippen molar-refractivity contribution >= 4 is 36.4 Å². The number of carbonyl (C=O) groups is 1. The van der Waals surface area contributed by atoms with Crippen LogP contribution in [0.3, 0.4) is 0 Å². The Labute approximate surface area is 174 Å². The van der Waals surface area contributed by atoms with E-state index in [0.29, 0.717) is 19.6 Å². The lowest BCUT2D eigenvalue weighted by molar-refractivity contribution is -0.134. The second-order valence-corrected chi connectivity index (χ2v) is 7.38. The first kappa shape index (κ1) is 23.8. The van der Waals surface area contributed by atoms with Crippen molar-refractivity contribution in [2.75, 3.05) is 51.4 Å². The summed E-state index contributed by atoms with van der Waals surface area (Å²) in [5, 5.41) is 3.36. The summed E-state index contributed by atoms with van der Waals surface area (Å²) in [5.74, 6) is 1.08. The quantitative estimate of drug-likeness (QED) is 0.811. The van der Waals surface area contributed by atoms with Crippen LogP contribution >= 0.6 is 24.8 Å². The fourth-order valence-corrected chi connectivity index (χ4v) is 3.76. The van der Waals surface area contributed by atoms with E-state index in [1.54, 1.807) is 7.11 Å². The molecular weight excluding hydrogens is 389 g/mol. The van der Waals surface area contributed by atoms with Crippen LogP contribution in [0, 0.1) is 0 Å². The molecule has 1 aromatic carbocycles. The highest BCUT2D eigenvalue weighted by molar-refractivity contribution is 5.85. The van der Waals surface area contributed by atoms with Gasteiger partial charge in [-0.05, 0) is 26.0 Å². The number of nitrogens with one attached hydrogen (secondary N) is 1. The number of amides is 1. The van der Waals surface area contributed by atoms with E-state index in [0.717, 1.165) is 37.7 Å². The SMILES string of the molecule is COc1ccccc1N1CCN(C(=O)CC2COCCN2)CC1(C)C.Cl.Cl. The minimum absolute atomic E-state index is 0. The van der Waals surface area contributed by atoms with Gasteiger partial charge < -0.3 is 24.6 Å². The van der Waals surface area contributed by atoms with Gasteiger partial charge in [-0.3, -0.25) is 4.79 Å². The summed E-state index contributed by atoms with van der Waals surface area (Å²) in [7, 11) is 1.70. The number of para-hydroxylation sites is 2. The number of carbonyl (C=O) groups excluding carboxylic acids is 1. The van der Waals surface area contributed by atoms with Crippen LogP contribution in [-0.4, -0.2) is 68.9 Å². The molecule has 2 heterocycles. The summed E-state index contributed by atoms with van der Waals surface area (Å²) in [6, 6.07) is 8.21. The summed E-state index contributed by atoms with van der Waals surface area (Å²) >= 11 is 0. The van der Waals surface area contributed by atoms with Crippen molar-refractivity contribution in [1.29, 1.82) is 0 Å². The Hall–Kier alpha value is -1.21. The molecule has 2 saturated heterocycles. The number of benzene rings is 1. The summed E-state index contributed by atoms with van der Waals surface area (Å²) < 4.78 is 11.0. The van der Waals surface area contributed by atoms with Crippen LogP contribution in [0.15, 0.2) is 24.3 Å². The topological polar surface area (TPSA) is 54.0 Å². The maximum absolute atomic E-state index is 12.7. The van der Waals surface area contributed by atoms with Gasteiger partial charge in [0.15, 0.2) is 0 Å². The molecule has 1 unspecified atom stereocenters. The Morgan fingerprint density at radius 3 is 2.67 bits per heavy atom. The van der Waals surface area contributed by atoms with Gasteiger partial charge >= 0.3 is 0 Å². The zero-order valence-electron chi connectivity index (χ0n) is 16.3. The van der Waals surface area contributed by atoms with Gasteiger partial charge in [0.25, 0.3) is 0 Å². The molecule has 0 radical (unpaired) electrons. The van der Waals surface area contributed by atoms with Gasteiger partial charge in [0.2, 0.25) is 5.91 Å². The second-order valence-electron chi connectivity index (χ2n) is 7.38. The standard InChI is InChI=1S/C19H29N3O3.2ClH/c1-19(2)14-21(18(23)12-15-13-25-11-8-20-15)9-10-22(19)16-6-4-5-7-17(16)24-3;;/h4-7,15,20H,8-14H2,1-3H3;2*1H. The van der Waals surface area contributed by atoms with Crippen molar-refractivity contribution in [3.63, 3.8) is 0 Å². The Kier molecular flexibility index (Phi) is 9.15. The Bertz CT molecular complexity index is 610. The van der Waals surface area contributed by atoms with E-state index in [9.17, 15) is 4.79 Å². The van der Waals surface area contributed by atoms with Gasteiger partial charge in [-0.2, -0.15) is 0 Å². The third-order valence-corrected chi connectivity index (χ3v) is 5.05. The highest BCUT2D eigenvalue weighted by Crippen LogP contribution is 2.34. The lowest BCUT2D eigenvalue weighted by atomic mass is 9.96. The average molecular weight is 420 g/mol. The van der Waals surface area contributed by atoms with E-state index in [2.05, 4.69) is 30.1 Å². The third kappa shape index (κ3) is 5.64. The number of piperazine rings is 1. The number of methoxy groups -OCH3 is 1. The van der Waals surface area contributed by atoms with Gasteiger partial charge in [0.05, 0.1) is 31.5 Å². The first-order valence-electron chi connectivity index (χ1n) is 9.01. The molecule has 1 aromatic rings. The van der Waals surface area contributed by atoms with Crippen molar-refractivity contribution in [3.8, 4) is 5.75 Å². The largest absolute Gasteiger partial charge is 0.495 e. The fraction of sp³-hybridized carbons (Fsp3) is 0.632. The molecule has 154 valence electrons. The molecule has 3 rings (SSSR count). The normalized spacial score (nSPS) is 21.7. The molecule has 8 heteroatoms. The molecule has 1 atom stereocenters. The lowest BCUT2D eigenvalue weighted by Crippen LogP contribution is -2.61. The highest BCUT2D eigenvalue weighted by Gasteiger charge is 2.37. The van der Waals surface area contributed by atoms with Crippen LogP contribution in [0.4, 0.5) is 5.69 Å². The summed E-state index contributed by atoms with van der Waals surface area (Å²) in [4.78, 5) is 17.0. The van der Waals surface area contributed by atoms with E-state index in [-0.39, 0.29) is 42.3 Å². The molecule has 2 aliphatic rings. The summed E-state index contributed by atoms with van der Waals surface area (Å²) in [5.41, 5.74) is 0.934. The number of morpholine rings is 1. The Balaban J connectivity index is 0.00000182. The number of anilines is 1. The minimum atomic E-state index is -0.154. The first-order valence-corrected chi connectivity index (χ1v) is 9.01. The molecule has 1 N–H and O–H groups in total. The van der Waals surface area contributed by atoms with Crippen molar-refractivity contribution < 1.29 is 14.3 Å². The van der Waals surface area contributed by atoms with Crippen molar-refractivity contribution in [1.82, 2.24) is 10.2 Å². The number of halogens is 2. The molecule has 2 fully saturated rings. The van der Waals surface area contributed by atoms with Gasteiger partial charge in [0, 0.05) is 38.6 Å². The third-order valence-electron chi connectivity index (χ3n) is 5.05. The van der Waals surface area contributed by atoms with Crippen LogP contribution in [-0.2, 0) is 9.53 Å². The zero-order chi connectivity index (χ0) is 17.9. The molecule has 6 nitrogen and oxygen atoms in total. The van der Waals surface area contributed by atoms with E-state index < -0.39 is 0 Å². The molecule has 27 heavy (non-hydrogen) atoms. The smallest absolute Gasteiger partial charge is 0.224 e. The maximum Gasteiger partial charge on any atom is 0.224 e. The van der Waals surface area contributed by atoms with E-state index in [1.165, 1.54) is 0 Å². The van der Waals surface area contributed by atoms with Gasteiger partial charge in [-0.25, -0.2) is 0 Å². The van der Waals surface area contributed by atoms with Gasteiger partial charge in [0.1, 0.15) is 5.75 Å². The minimum Gasteiger partial charge on any atom is -0.495 e. The number of nitrogens with zero attached hydrogens (tertiary/aromatic N) is 2. The molecule has 0 saturated carbocycles. The molecule has 0 spiro atoms. The van der Waals surface area contributed by atoms with Crippen molar-refractivity contribution in [2.45, 2.75) is 31.8 Å². The number of hydrogen-bond donors (Lipinski definition) is 1. The van der Waals surface area contributed by atoms with E-state index in [1.807, 2.05) is 23.1 Å². The second kappa shape index (κ2) is 10.4. The number of hydrogen-bond acceptors (Lipinski definition) is 5. The predicted molar refractivity (Wildman–Crippen MR) is 113 cm³/mol. The first-order chi connectivity index (χ1) is 12.0. The molecule has 0 aliphatic carbocycles. The van der Waals surface area contributed by atoms with Crippen LogP contribution in [0.1, 0.15) is 20.3 Å². The number of rotatable bonds is 4. The van der Waals surface area contributed by atoms with Crippen molar-refractivity contribution in [2.24, 2.45) is 0 Å². The van der Waals surface area contributed by atoms with E-state index in [4.69, 9.17) is 9.47 Å². The maximum atomic E-state index is 12.7. The van der Waals surface area contributed by atoms with Gasteiger partial charge in [-0.1, -0.05) is 12.1 Å². The van der Waals surface area contributed by atoms with Crippen LogP contribution < -0.4 is 15.0 Å². The molecule has 1 amide bonds. The fourth-order valence-electron chi connectivity index (χ4n) is 3.76. The van der Waals surface area contributed by atoms with E-state index >= 15 is 0 Å². The number of ether oxygens (including phenoxy) is 2. The Morgan fingerprint density at radius 2 is 2.04 bits per heavy atom. The van der Waals surface area contributed by atoms with Crippen LogP contribution in [0.25, 0.3) is 0 Å². The Morgan fingerprint density at radius 1 is 1.30 bits per heavy atom. The monoisotopic (exact) mass is 419 g/mol. The molecule has 0 bridgehead atoms. The predicted octanol–water partition coefficient (Wildman–Crippen LogP) is 2.34. The van der Waals surface area contributed by atoms with Crippen LogP contribution in [0.5, 0.6) is 5.75 Å². The van der Waals surface area contributed by atoms with Crippen LogP contribution in [0.2, 0.25) is 0 Å². The molecule has 0 aromatic heterocycles.